The van der Waals surface area contributed by atoms with Crippen LogP contribution >= 0.6 is 0 Å². The van der Waals surface area contributed by atoms with Crippen LogP contribution in [0, 0.1) is 0 Å². The smallest absolute Gasteiger partial charge is 0.251 e. The van der Waals surface area contributed by atoms with Crippen LogP contribution in [0.4, 0.5) is 0 Å². The SMILES string of the molecule is O=C(N[C@@H]1CS(=O)(=O)C[C@H]1O)c1ccc(CN2CCCCCC2)cc1. The molecule has 2 saturated heterocycles. The summed E-state index contributed by atoms with van der Waals surface area (Å²) in [6.45, 7) is 3.13. The first-order valence-electron chi connectivity index (χ1n) is 8.94. The highest BCUT2D eigenvalue weighted by atomic mass is 32.2. The molecule has 25 heavy (non-hydrogen) atoms. The fourth-order valence-corrected chi connectivity index (χ4v) is 5.27. The van der Waals surface area contributed by atoms with Gasteiger partial charge in [-0.1, -0.05) is 25.0 Å². The minimum absolute atomic E-state index is 0.201. The summed E-state index contributed by atoms with van der Waals surface area (Å²) in [5, 5.41) is 12.4. The van der Waals surface area contributed by atoms with Gasteiger partial charge in [0.2, 0.25) is 0 Å². The predicted molar refractivity (Wildman–Crippen MR) is 96.1 cm³/mol. The summed E-state index contributed by atoms with van der Waals surface area (Å²) >= 11 is 0. The Labute approximate surface area is 149 Å². The molecule has 7 heteroatoms. The number of rotatable bonds is 4. The number of likely N-dealkylation sites (tertiary alicyclic amines) is 1. The second-order valence-corrected chi connectivity index (χ2v) is 9.27. The van der Waals surface area contributed by atoms with Gasteiger partial charge in [0, 0.05) is 12.1 Å². The highest BCUT2D eigenvalue weighted by molar-refractivity contribution is 7.91. The van der Waals surface area contributed by atoms with Gasteiger partial charge in [-0.25, -0.2) is 8.42 Å². The molecule has 0 radical (unpaired) electrons. The predicted octanol–water partition coefficient (Wildman–Crippen LogP) is 0.950. The van der Waals surface area contributed by atoms with E-state index in [1.807, 2.05) is 12.1 Å². The Hall–Kier alpha value is -1.44. The average molecular weight is 366 g/mol. The number of amides is 1. The van der Waals surface area contributed by atoms with Gasteiger partial charge in [-0.15, -0.1) is 0 Å². The van der Waals surface area contributed by atoms with Crippen LogP contribution in [0.1, 0.15) is 41.6 Å². The third-order valence-corrected chi connectivity index (χ3v) is 6.68. The van der Waals surface area contributed by atoms with Gasteiger partial charge in [-0.2, -0.15) is 0 Å². The molecule has 2 aliphatic rings. The highest BCUT2D eigenvalue weighted by Crippen LogP contribution is 2.15. The number of sulfone groups is 1. The lowest BCUT2D eigenvalue weighted by atomic mass is 10.1. The van der Waals surface area contributed by atoms with Crippen LogP contribution in [0.25, 0.3) is 0 Å². The molecule has 2 atom stereocenters. The first kappa shape index (κ1) is 18.4. The topological polar surface area (TPSA) is 86.7 Å². The molecule has 6 nitrogen and oxygen atoms in total. The Morgan fingerprint density at radius 2 is 1.72 bits per heavy atom. The Morgan fingerprint density at radius 3 is 2.28 bits per heavy atom. The van der Waals surface area contributed by atoms with Crippen LogP contribution < -0.4 is 5.32 Å². The maximum absolute atomic E-state index is 12.3. The summed E-state index contributed by atoms with van der Waals surface area (Å²) in [6, 6.07) is 6.69. The molecule has 3 rings (SSSR count). The standard InChI is InChI=1S/C18H26N2O4S/c21-17-13-25(23,24)12-16(17)19-18(22)15-7-5-14(6-8-15)11-20-9-3-1-2-4-10-20/h5-8,16-17,21H,1-4,9-13H2,(H,19,22)/t16-,17-/m1/s1. The molecule has 1 aromatic rings. The van der Waals surface area contributed by atoms with Crippen molar-refractivity contribution in [3.8, 4) is 0 Å². The zero-order chi connectivity index (χ0) is 17.9. The van der Waals surface area contributed by atoms with Gasteiger partial charge >= 0.3 is 0 Å². The van der Waals surface area contributed by atoms with E-state index < -0.39 is 22.0 Å². The molecule has 1 aromatic carbocycles. The zero-order valence-electron chi connectivity index (χ0n) is 14.4. The molecular formula is C18H26N2O4S. The van der Waals surface area contributed by atoms with Crippen molar-refractivity contribution in [3.63, 3.8) is 0 Å². The van der Waals surface area contributed by atoms with Gasteiger partial charge < -0.3 is 10.4 Å². The molecule has 0 bridgehead atoms. The lowest BCUT2D eigenvalue weighted by molar-refractivity contribution is 0.0889. The van der Waals surface area contributed by atoms with Crippen molar-refractivity contribution in [2.75, 3.05) is 24.6 Å². The number of hydrogen-bond acceptors (Lipinski definition) is 5. The van der Waals surface area contributed by atoms with Crippen molar-refractivity contribution in [1.29, 1.82) is 0 Å². The van der Waals surface area contributed by atoms with Gasteiger partial charge in [0.05, 0.1) is 23.7 Å². The second-order valence-electron chi connectivity index (χ2n) is 7.11. The van der Waals surface area contributed by atoms with Crippen molar-refractivity contribution in [1.82, 2.24) is 10.2 Å². The van der Waals surface area contributed by atoms with E-state index in [4.69, 9.17) is 0 Å². The summed E-state index contributed by atoms with van der Waals surface area (Å²) in [5.74, 6) is -0.831. The minimum Gasteiger partial charge on any atom is -0.390 e. The van der Waals surface area contributed by atoms with Crippen LogP contribution in [0.15, 0.2) is 24.3 Å². The number of aliphatic hydroxyl groups is 1. The molecule has 2 aliphatic heterocycles. The van der Waals surface area contributed by atoms with Crippen LogP contribution in [-0.4, -0.2) is 61.1 Å². The summed E-state index contributed by atoms with van der Waals surface area (Å²) in [4.78, 5) is 14.7. The van der Waals surface area contributed by atoms with E-state index in [0.29, 0.717) is 5.56 Å². The number of carbonyl (C=O) groups excluding carboxylic acids is 1. The van der Waals surface area contributed by atoms with Crippen LogP contribution in [-0.2, 0) is 16.4 Å². The molecule has 0 spiro atoms. The molecule has 2 heterocycles. The lowest BCUT2D eigenvalue weighted by Crippen LogP contribution is -2.42. The molecule has 138 valence electrons. The van der Waals surface area contributed by atoms with Gasteiger partial charge in [-0.3, -0.25) is 9.69 Å². The van der Waals surface area contributed by atoms with E-state index in [2.05, 4.69) is 10.2 Å². The van der Waals surface area contributed by atoms with E-state index in [-0.39, 0.29) is 17.4 Å². The largest absolute Gasteiger partial charge is 0.390 e. The monoisotopic (exact) mass is 366 g/mol. The molecule has 0 saturated carbocycles. The first-order chi connectivity index (χ1) is 11.9. The molecule has 2 fully saturated rings. The van der Waals surface area contributed by atoms with E-state index in [1.165, 1.54) is 31.2 Å². The van der Waals surface area contributed by atoms with Gasteiger partial charge in [0.1, 0.15) is 0 Å². The van der Waals surface area contributed by atoms with Crippen LogP contribution in [0.3, 0.4) is 0 Å². The molecule has 1 amide bonds. The summed E-state index contributed by atoms with van der Waals surface area (Å²) in [6.07, 6.45) is 4.06. The number of nitrogens with one attached hydrogen (secondary N) is 1. The van der Waals surface area contributed by atoms with E-state index in [9.17, 15) is 18.3 Å². The lowest BCUT2D eigenvalue weighted by Gasteiger charge is -2.20. The molecule has 0 unspecified atom stereocenters. The van der Waals surface area contributed by atoms with Crippen molar-refractivity contribution in [3.05, 3.63) is 35.4 Å². The minimum atomic E-state index is -3.27. The van der Waals surface area contributed by atoms with Crippen LogP contribution in [0.5, 0.6) is 0 Å². The Morgan fingerprint density at radius 1 is 1.08 bits per heavy atom. The fraction of sp³-hybridized carbons (Fsp3) is 0.611. The molecular weight excluding hydrogens is 340 g/mol. The Balaban J connectivity index is 1.57. The number of hydrogen-bond donors (Lipinski definition) is 2. The first-order valence-corrected chi connectivity index (χ1v) is 10.8. The highest BCUT2D eigenvalue weighted by Gasteiger charge is 2.37. The molecule has 2 N–H and O–H groups in total. The van der Waals surface area contributed by atoms with Crippen molar-refractivity contribution >= 4 is 15.7 Å². The third-order valence-electron chi connectivity index (χ3n) is 4.96. The van der Waals surface area contributed by atoms with Crippen molar-refractivity contribution in [2.24, 2.45) is 0 Å². The molecule has 0 aromatic heterocycles. The normalized spacial score (nSPS) is 26.9. The van der Waals surface area contributed by atoms with Gasteiger partial charge in [0.15, 0.2) is 9.84 Å². The van der Waals surface area contributed by atoms with E-state index in [1.54, 1.807) is 12.1 Å². The fourth-order valence-electron chi connectivity index (χ4n) is 3.53. The van der Waals surface area contributed by atoms with Crippen molar-refractivity contribution < 1.29 is 18.3 Å². The van der Waals surface area contributed by atoms with E-state index >= 15 is 0 Å². The summed E-state index contributed by atoms with van der Waals surface area (Å²) in [7, 11) is -3.27. The number of nitrogens with zero attached hydrogens (tertiary/aromatic N) is 1. The van der Waals surface area contributed by atoms with Gasteiger partial charge in [0.25, 0.3) is 5.91 Å². The Kier molecular flexibility index (Phi) is 5.76. The average Bonchev–Trinajstić information content (AvgIpc) is 2.73. The zero-order valence-corrected chi connectivity index (χ0v) is 15.2. The molecule has 0 aliphatic carbocycles. The van der Waals surface area contributed by atoms with E-state index in [0.717, 1.165) is 19.6 Å². The number of aliphatic hydroxyl groups excluding tert-OH is 1. The van der Waals surface area contributed by atoms with Gasteiger partial charge in [-0.05, 0) is 43.6 Å². The third kappa shape index (κ3) is 5.03. The summed E-state index contributed by atoms with van der Waals surface area (Å²) < 4.78 is 23.0. The Bertz CT molecular complexity index is 694. The number of benzene rings is 1. The van der Waals surface area contributed by atoms with Crippen molar-refractivity contribution in [2.45, 2.75) is 44.4 Å². The maximum Gasteiger partial charge on any atom is 0.251 e. The quantitative estimate of drug-likeness (QED) is 0.829. The second kappa shape index (κ2) is 7.85. The summed E-state index contributed by atoms with van der Waals surface area (Å²) in [5.41, 5.74) is 1.65. The maximum atomic E-state index is 12.3. The van der Waals surface area contributed by atoms with Crippen LogP contribution in [0.2, 0.25) is 0 Å². The number of carbonyl (C=O) groups is 1.